The monoisotopic (exact) mass is 541 g/mol. The lowest BCUT2D eigenvalue weighted by molar-refractivity contribution is 0.590. The molecule has 0 atom stereocenters. The minimum Gasteiger partial charge on any atom is -0.310 e. The molecule has 0 radical (unpaired) electrons. The van der Waals surface area contributed by atoms with Crippen LogP contribution in [0.3, 0.4) is 0 Å². The SMILES string of the molecule is CC(C)(C)c1ccc(N(c2ccc(C(C)(C)C)cc2)c2ccc3c(c2)Cc2cc(Cl)c(Cl)cc2CC3)cc1. The first-order valence-corrected chi connectivity index (χ1v) is 14.3. The third-order valence-corrected chi connectivity index (χ3v) is 8.44. The second-order valence-electron chi connectivity index (χ2n) is 12.6. The normalized spacial score (nSPS) is 13.5. The zero-order chi connectivity index (χ0) is 27.2. The van der Waals surface area contributed by atoms with Gasteiger partial charge in [-0.15, -0.1) is 0 Å². The molecule has 0 N–H and O–H groups in total. The molecule has 1 aliphatic rings. The molecule has 1 nitrogen and oxygen atoms in total. The van der Waals surface area contributed by atoms with E-state index in [-0.39, 0.29) is 10.8 Å². The minimum absolute atomic E-state index is 0.110. The lowest BCUT2D eigenvalue weighted by Gasteiger charge is -2.28. The lowest BCUT2D eigenvalue weighted by Crippen LogP contribution is -2.14. The zero-order valence-corrected chi connectivity index (χ0v) is 24.8. The van der Waals surface area contributed by atoms with E-state index in [9.17, 15) is 0 Å². The third kappa shape index (κ3) is 5.51. The highest BCUT2D eigenvalue weighted by atomic mass is 35.5. The van der Waals surface area contributed by atoms with Gasteiger partial charge in [-0.05, 0) is 112 Å². The number of anilines is 3. The van der Waals surface area contributed by atoms with E-state index < -0.39 is 0 Å². The van der Waals surface area contributed by atoms with Crippen LogP contribution in [0, 0.1) is 0 Å². The second kappa shape index (κ2) is 10.1. The number of halogens is 2. The van der Waals surface area contributed by atoms with Crippen LogP contribution in [-0.4, -0.2) is 0 Å². The molecule has 0 aliphatic heterocycles. The fraction of sp³-hybridized carbons (Fsp3) is 0.314. The standard InChI is InChI=1S/C35H37Cl2N/c1-34(2,3)27-10-15-29(16-11-27)38(30-17-12-28(13-18-30)35(4,5)6)31-14-9-23-7-8-24-21-32(36)33(37)22-26(24)19-25(23)20-31/h9-18,20-22H,7-8,19H2,1-6H3. The van der Waals surface area contributed by atoms with Crippen molar-refractivity contribution >= 4 is 40.3 Å². The zero-order valence-electron chi connectivity index (χ0n) is 23.3. The molecule has 4 aromatic rings. The summed E-state index contributed by atoms with van der Waals surface area (Å²) in [6.07, 6.45) is 2.83. The van der Waals surface area contributed by atoms with Crippen molar-refractivity contribution in [2.45, 2.75) is 71.6 Å². The van der Waals surface area contributed by atoms with E-state index in [1.54, 1.807) is 0 Å². The number of aryl methyl sites for hydroxylation is 2. The number of hydrogen-bond acceptors (Lipinski definition) is 1. The summed E-state index contributed by atoms with van der Waals surface area (Å²) in [4.78, 5) is 2.37. The molecule has 5 rings (SSSR count). The van der Waals surface area contributed by atoms with Crippen LogP contribution < -0.4 is 4.90 Å². The smallest absolute Gasteiger partial charge is 0.0595 e. The molecule has 1 aliphatic carbocycles. The van der Waals surface area contributed by atoms with E-state index in [4.69, 9.17) is 23.2 Å². The molecule has 0 saturated heterocycles. The first kappa shape index (κ1) is 26.9. The number of nitrogens with zero attached hydrogens (tertiary/aromatic N) is 1. The van der Waals surface area contributed by atoms with E-state index in [0.29, 0.717) is 10.0 Å². The van der Waals surface area contributed by atoms with Gasteiger partial charge in [0.15, 0.2) is 0 Å². The van der Waals surface area contributed by atoms with Crippen LogP contribution in [0.25, 0.3) is 0 Å². The van der Waals surface area contributed by atoms with Crippen LogP contribution in [-0.2, 0) is 30.1 Å². The Kier molecular flexibility index (Phi) is 7.14. The van der Waals surface area contributed by atoms with Gasteiger partial charge in [-0.3, -0.25) is 0 Å². The predicted molar refractivity (Wildman–Crippen MR) is 165 cm³/mol. The molecule has 0 amide bonds. The van der Waals surface area contributed by atoms with Gasteiger partial charge >= 0.3 is 0 Å². The van der Waals surface area contributed by atoms with Gasteiger partial charge < -0.3 is 4.90 Å². The molecule has 0 unspecified atom stereocenters. The van der Waals surface area contributed by atoms with Gasteiger partial charge in [0.1, 0.15) is 0 Å². The summed E-state index contributed by atoms with van der Waals surface area (Å²) in [6.45, 7) is 13.6. The van der Waals surface area contributed by atoms with Gasteiger partial charge in [0.05, 0.1) is 10.0 Å². The van der Waals surface area contributed by atoms with Crippen molar-refractivity contribution in [3.63, 3.8) is 0 Å². The Morgan fingerprint density at radius 1 is 0.500 bits per heavy atom. The molecule has 0 fully saturated rings. The summed E-state index contributed by atoms with van der Waals surface area (Å²) in [5, 5.41) is 1.27. The summed E-state index contributed by atoms with van der Waals surface area (Å²) in [6, 6.07) is 29.1. The molecule has 0 heterocycles. The molecule has 0 spiro atoms. The van der Waals surface area contributed by atoms with E-state index in [2.05, 4.69) is 119 Å². The van der Waals surface area contributed by atoms with Crippen molar-refractivity contribution in [1.29, 1.82) is 0 Å². The van der Waals surface area contributed by atoms with Crippen LogP contribution in [0.4, 0.5) is 17.1 Å². The average molecular weight is 543 g/mol. The van der Waals surface area contributed by atoms with Crippen LogP contribution in [0.1, 0.15) is 74.9 Å². The van der Waals surface area contributed by atoms with Crippen molar-refractivity contribution in [2.75, 3.05) is 4.90 Å². The van der Waals surface area contributed by atoms with E-state index in [1.807, 2.05) is 6.07 Å². The second-order valence-corrected chi connectivity index (χ2v) is 13.4. The Bertz CT molecular complexity index is 1400. The fourth-order valence-corrected chi connectivity index (χ4v) is 5.70. The first-order chi connectivity index (χ1) is 17.9. The Hall–Kier alpha value is -2.74. The Morgan fingerprint density at radius 2 is 0.921 bits per heavy atom. The molecule has 196 valence electrons. The molecule has 4 aromatic carbocycles. The number of fused-ring (bicyclic) bond motifs is 2. The molecule has 38 heavy (non-hydrogen) atoms. The average Bonchev–Trinajstić information content (AvgIpc) is 3.03. The molecule has 3 heteroatoms. The topological polar surface area (TPSA) is 3.24 Å². The summed E-state index contributed by atoms with van der Waals surface area (Å²) < 4.78 is 0. The minimum atomic E-state index is 0.110. The summed E-state index contributed by atoms with van der Waals surface area (Å²) >= 11 is 12.8. The maximum Gasteiger partial charge on any atom is 0.0595 e. The van der Waals surface area contributed by atoms with Gasteiger partial charge in [-0.25, -0.2) is 0 Å². The summed E-state index contributed by atoms with van der Waals surface area (Å²) in [7, 11) is 0. The van der Waals surface area contributed by atoms with E-state index in [1.165, 1.54) is 39.1 Å². The summed E-state index contributed by atoms with van der Waals surface area (Å²) in [5.74, 6) is 0. The Labute approximate surface area is 238 Å². The van der Waals surface area contributed by atoms with Crippen LogP contribution in [0.2, 0.25) is 10.0 Å². The highest BCUT2D eigenvalue weighted by molar-refractivity contribution is 6.42. The fourth-order valence-electron chi connectivity index (χ4n) is 5.33. The molecule has 0 saturated carbocycles. The van der Waals surface area contributed by atoms with Crippen molar-refractivity contribution in [2.24, 2.45) is 0 Å². The first-order valence-electron chi connectivity index (χ1n) is 13.5. The number of rotatable bonds is 3. The van der Waals surface area contributed by atoms with E-state index >= 15 is 0 Å². The van der Waals surface area contributed by atoms with Crippen molar-refractivity contribution in [1.82, 2.24) is 0 Å². The largest absolute Gasteiger partial charge is 0.310 e. The van der Waals surface area contributed by atoms with Gasteiger partial charge in [0.2, 0.25) is 0 Å². The van der Waals surface area contributed by atoms with Gasteiger partial charge in [0.25, 0.3) is 0 Å². The van der Waals surface area contributed by atoms with Crippen molar-refractivity contribution in [3.8, 4) is 0 Å². The predicted octanol–water partition coefficient (Wildman–Crippen LogP) is 10.7. The van der Waals surface area contributed by atoms with Gasteiger partial charge in [0, 0.05) is 17.1 Å². The molecule has 0 aromatic heterocycles. The molecule has 0 bridgehead atoms. The number of hydrogen-bond donors (Lipinski definition) is 0. The summed E-state index contributed by atoms with van der Waals surface area (Å²) in [5.41, 5.74) is 11.7. The maximum absolute atomic E-state index is 6.42. The van der Waals surface area contributed by atoms with Crippen LogP contribution in [0.15, 0.2) is 78.9 Å². The van der Waals surface area contributed by atoms with Gasteiger partial charge in [-0.2, -0.15) is 0 Å². The third-order valence-electron chi connectivity index (χ3n) is 7.72. The maximum atomic E-state index is 6.42. The Morgan fingerprint density at radius 3 is 1.42 bits per heavy atom. The quantitative estimate of drug-likeness (QED) is 0.249. The van der Waals surface area contributed by atoms with Crippen LogP contribution >= 0.6 is 23.2 Å². The highest BCUT2D eigenvalue weighted by Gasteiger charge is 2.21. The van der Waals surface area contributed by atoms with Crippen molar-refractivity contribution < 1.29 is 0 Å². The number of benzene rings is 4. The highest BCUT2D eigenvalue weighted by Crippen LogP contribution is 2.39. The Balaban J connectivity index is 1.60. The van der Waals surface area contributed by atoms with E-state index in [0.717, 1.165) is 30.6 Å². The van der Waals surface area contributed by atoms with Crippen LogP contribution in [0.5, 0.6) is 0 Å². The molecular weight excluding hydrogens is 505 g/mol. The lowest BCUT2D eigenvalue weighted by atomic mass is 9.86. The molecular formula is C35H37Cl2N. The van der Waals surface area contributed by atoms with Crippen molar-refractivity contribution in [3.05, 3.63) is 122 Å². The van der Waals surface area contributed by atoms with Gasteiger partial charge in [-0.1, -0.05) is 95.1 Å².